The molecular weight excluding hydrogens is 450 g/mol. The Balaban J connectivity index is 1.98. The molecule has 0 amide bonds. The number of benzene rings is 2. The predicted molar refractivity (Wildman–Crippen MR) is 117 cm³/mol. The lowest BCUT2D eigenvalue weighted by atomic mass is 10.1. The Hall–Kier alpha value is -3.13. The second kappa shape index (κ2) is 10.1. The minimum absolute atomic E-state index is 0.147. The van der Waals surface area contributed by atoms with Gasteiger partial charge in [-0.1, -0.05) is 24.3 Å². The van der Waals surface area contributed by atoms with Crippen LogP contribution in [0.4, 0.5) is 5.82 Å². The van der Waals surface area contributed by atoms with Crippen molar-refractivity contribution in [3.8, 4) is 11.5 Å². The van der Waals surface area contributed by atoms with Crippen molar-refractivity contribution in [1.29, 1.82) is 0 Å². The second-order valence-electron chi connectivity index (χ2n) is 6.41. The average molecular weight is 472 g/mol. The van der Waals surface area contributed by atoms with Crippen LogP contribution in [0.1, 0.15) is 21.6 Å². The number of hydrogen-bond donors (Lipinski definition) is 0. The van der Waals surface area contributed by atoms with Gasteiger partial charge in [0.25, 0.3) is 0 Å². The fourth-order valence-electron chi connectivity index (χ4n) is 2.93. The van der Waals surface area contributed by atoms with E-state index in [4.69, 9.17) is 14.2 Å². The average Bonchev–Trinajstić information content (AvgIpc) is 2.79. The molecule has 0 aliphatic heterocycles. The van der Waals surface area contributed by atoms with Crippen LogP contribution < -0.4 is 14.4 Å². The van der Waals surface area contributed by atoms with Crippen LogP contribution in [-0.2, 0) is 17.8 Å². The van der Waals surface area contributed by atoms with Crippen molar-refractivity contribution in [2.45, 2.75) is 13.1 Å². The summed E-state index contributed by atoms with van der Waals surface area (Å²) in [4.78, 5) is 23.1. The van der Waals surface area contributed by atoms with Crippen molar-refractivity contribution in [2.24, 2.45) is 0 Å². The number of ether oxygens (including phenoxy) is 3. The molecule has 30 heavy (non-hydrogen) atoms. The van der Waals surface area contributed by atoms with Crippen LogP contribution in [0, 0.1) is 0 Å². The summed E-state index contributed by atoms with van der Waals surface area (Å²) in [5, 5.41) is 0. The van der Waals surface area contributed by atoms with Crippen molar-refractivity contribution in [3.63, 3.8) is 0 Å². The molecule has 3 aromatic rings. The Kier molecular flexibility index (Phi) is 7.24. The minimum Gasteiger partial charge on any atom is -0.497 e. The fourth-order valence-corrected chi connectivity index (χ4v) is 3.21. The molecule has 7 nitrogen and oxygen atoms in total. The van der Waals surface area contributed by atoms with E-state index < -0.39 is 5.97 Å². The first-order chi connectivity index (χ1) is 14.5. The van der Waals surface area contributed by atoms with Gasteiger partial charge in [-0.25, -0.2) is 14.8 Å². The van der Waals surface area contributed by atoms with E-state index in [1.807, 2.05) is 53.4 Å². The SMILES string of the molecule is COC(=O)c1nc(Br)cnc1N(Cc1ccc(OC)cc1)Cc1ccc(OC)cc1. The molecule has 0 aliphatic rings. The lowest BCUT2D eigenvalue weighted by Crippen LogP contribution is -2.26. The van der Waals surface area contributed by atoms with E-state index in [9.17, 15) is 4.79 Å². The van der Waals surface area contributed by atoms with E-state index in [1.54, 1.807) is 20.4 Å². The van der Waals surface area contributed by atoms with E-state index in [1.165, 1.54) is 7.11 Å². The number of methoxy groups -OCH3 is 3. The van der Waals surface area contributed by atoms with Gasteiger partial charge in [0.05, 0.1) is 27.5 Å². The molecule has 8 heteroatoms. The Bertz CT molecular complexity index is 945. The zero-order valence-corrected chi connectivity index (χ0v) is 18.5. The van der Waals surface area contributed by atoms with Gasteiger partial charge in [-0.15, -0.1) is 0 Å². The summed E-state index contributed by atoms with van der Waals surface area (Å²) in [6.07, 6.45) is 1.57. The van der Waals surface area contributed by atoms with E-state index in [-0.39, 0.29) is 5.69 Å². The van der Waals surface area contributed by atoms with Gasteiger partial charge in [0.15, 0.2) is 11.5 Å². The highest BCUT2D eigenvalue weighted by Crippen LogP contribution is 2.25. The third kappa shape index (κ3) is 5.27. The molecule has 0 bridgehead atoms. The maximum atomic E-state index is 12.4. The van der Waals surface area contributed by atoms with Gasteiger partial charge < -0.3 is 19.1 Å². The molecule has 0 N–H and O–H groups in total. The molecule has 0 spiro atoms. The molecule has 0 saturated carbocycles. The Morgan fingerprint density at radius 3 is 1.83 bits per heavy atom. The summed E-state index contributed by atoms with van der Waals surface area (Å²) < 4.78 is 15.9. The number of halogens is 1. The summed E-state index contributed by atoms with van der Waals surface area (Å²) in [7, 11) is 4.59. The zero-order valence-electron chi connectivity index (χ0n) is 17.0. The van der Waals surface area contributed by atoms with Gasteiger partial charge in [0.1, 0.15) is 16.1 Å². The molecule has 0 radical (unpaired) electrons. The number of rotatable bonds is 8. The summed E-state index contributed by atoms with van der Waals surface area (Å²) in [5.74, 6) is 1.45. The maximum absolute atomic E-state index is 12.4. The predicted octanol–water partition coefficient (Wildman–Crippen LogP) is 4.25. The molecule has 0 fully saturated rings. The quantitative estimate of drug-likeness (QED) is 0.454. The number of hydrogen-bond acceptors (Lipinski definition) is 7. The van der Waals surface area contributed by atoms with Crippen LogP contribution >= 0.6 is 15.9 Å². The first kappa shape index (κ1) is 21.6. The van der Waals surface area contributed by atoms with Crippen LogP contribution in [0.15, 0.2) is 59.3 Å². The third-order valence-electron chi connectivity index (χ3n) is 4.47. The van der Waals surface area contributed by atoms with Gasteiger partial charge in [0, 0.05) is 13.1 Å². The van der Waals surface area contributed by atoms with Crippen LogP contribution in [0.3, 0.4) is 0 Å². The first-order valence-corrected chi connectivity index (χ1v) is 9.95. The number of anilines is 1. The van der Waals surface area contributed by atoms with Gasteiger partial charge in [-0.05, 0) is 51.3 Å². The van der Waals surface area contributed by atoms with Crippen molar-refractivity contribution in [3.05, 3.63) is 76.2 Å². The third-order valence-corrected chi connectivity index (χ3v) is 4.85. The molecular formula is C22H22BrN3O4. The van der Waals surface area contributed by atoms with Crippen molar-refractivity contribution < 1.29 is 19.0 Å². The largest absolute Gasteiger partial charge is 0.497 e. The van der Waals surface area contributed by atoms with E-state index >= 15 is 0 Å². The van der Waals surface area contributed by atoms with Crippen molar-refractivity contribution >= 4 is 27.7 Å². The standard InChI is InChI=1S/C22H22BrN3O4/c1-28-17-8-4-15(5-9-17)13-26(14-16-6-10-18(29-2)11-7-16)21-20(22(27)30-3)25-19(23)12-24-21/h4-12H,13-14H2,1-3H3. The Morgan fingerprint density at radius 2 is 1.40 bits per heavy atom. The van der Waals surface area contributed by atoms with Gasteiger partial charge >= 0.3 is 5.97 Å². The Labute approximate surface area is 183 Å². The summed E-state index contributed by atoms with van der Waals surface area (Å²) in [5.41, 5.74) is 2.21. The van der Waals surface area contributed by atoms with Crippen LogP contribution in [0.5, 0.6) is 11.5 Å². The molecule has 0 aliphatic carbocycles. The lowest BCUT2D eigenvalue weighted by molar-refractivity contribution is 0.0594. The molecule has 1 aromatic heterocycles. The zero-order chi connectivity index (χ0) is 21.5. The van der Waals surface area contributed by atoms with Crippen molar-refractivity contribution in [2.75, 3.05) is 26.2 Å². The molecule has 2 aromatic carbocycles. The highest BCUT2D eigenvalue weighted by Gasteiger charge is 2.22. The fraction of sp³-hybridized carbons (Fsp3) is 0.227. The second-order valence-corrected chi connectivity index (χ2v) is 7.22. The van der Waals surface area contributed by atoms with Gasteiger partial charge in [-0.3, -0.25) is 0 Å². The van der Waals surface area contributed by atoms with E-state index in [2.05, 4.69) is 25.9 Å². The van der Waals surface area contributed by atoms with Crippen LogP contribution in [0.2, 0.25) is 0 Å². The Morgan fingerprint density at radius 1 is 0.900 bits per heavy atom. The molecule has 0 saturated heterocycles. The number of carbonyl (C=O) groups is 1. The number of carbonyl (C=O) groups excluding carboxylic acids is 1. The van der Waals surface area contributed by atoms with Gasteiger partial charge in [0.2, 0.25) is 0 Å². The van der Waals surface area contributed by atoms with E-state index in [0.717, 1.165) is 22.6 Å². The summed E-state index contributed by atoms with van der Waals surface area (Å²) in [6.45, 7) is 1.02. The molecule has 3 rings (SSSR count). The topological polar surface area (TPSA) is 73.8 Å². The highest BCUT2D eigenvalue weighted by molar-refractivity contribution is 9.10. The normalized spacial score (nSPS) is 10.4. The highest BCUT2D eigenvalue weighted by atomic mass is 79.9. The number of nitrogens with zero attached hydrogens (tertiary/aromatic N) is 3. The van der Waals surface area contributed by atoms with Crippen LogP contribution in [-0.4, -0.2) is 37.3 Å². The van der Waals surface area contributed by atoms with Gasteiger partial charge in [-0.2, -0.15) is 0 Å². The molecule has 156 valence electrons. The molecule has 0 unspecified atom stereocenters. The van der Waals surface area contributed by atoms with E-state index in [0.29, 0.717) is 23.5 Å². The first-order valence-electron chi connectivity index (χ1n) is 9.15. The number of aromatic nitrogens is 2. The minimum atomic E-state index is -0.548. The summed E-state index contributed by atoms with van der Waals surface area (Å²) >= 11 is 3.28. The summed E-state index contributed by atoms with van der Waals surface area (Å²) in [6, 6.07) is 15.5. The van der Waals surface area contributed by atoms with Crippen molar-refractivity contribution in [1.82, 2.24) is 9.97 Å². The maximum Gasteiger partial charge on any atom is 0.360 e. The molecule has 0 atom stereocenters. The lowest BCUT2D eigenvalue weighted by Gasteiger charge is -2.25. The smallest absolute Gasteiger partial charge is 0.360 e. The molecule has 1 heterocycles. The number of esters is 1. The van der Waals surface area contributed by atoms with Crippen LogP contribution in [0.25, 0.3) is 0 Å². The monoisotopic (exact) mass is 471 g/mol.